The lowest BCUT2D eigenvalue weighted by atomic mass is 10.1. The number of thiazole rings is 1. The molecule has 0 saturated carbocycles. The first-order valence-electron chi connectivity index (χ1n) is 6.26. The minimum Gasteiger partial charge on any atom is -0.399 e. The Morgan fingerprint density at radius 3 is 2.55 bits per heavy atom. The molecule has 3 aromatic rings. The minimum atomic E-state index is 0.763. The summed E-state index contributed by atoms with van der Waals surface area (Å²) in [6.45, 7) is 0. The molecule has 2 N–H and O–H groups in total. The van der Waals surface area contributed by atoms with Crippen LogP contribution in [-0.2, 0) is 6.42 Å². The highest BCUT2D eigenvalue weighted by Gasteiger charge is 2.07. The Morgan fingerprint density at radius 2 is 1.80 bits per heavy atom. The molecule has 0 spiro atoms. The molecule has 2 nitrogen and oxygen atoms in total. The normalized spacial score (nSPS) is 10.7. The van der Waals surface area contributed by atoms with Gasteiger partial charge in [-0.1, -0.05) is 41.9 Å². The summed E-state index contributed by atoms with van der Waals surface area (Å²) in [5.74, 6) is 0. The fourth-order valence-electron chi connectivity index (χ4n) is 1.98. The molecular weight excluding hydrogens is 288 g/mol. The van der Waals surface area contributed by atoms with Crippen LogP contribution in [0, 0.1) is 0 Å². The maximum absolute atomic E-state index is 6.18. The summed E-state index contributed by atoms with van der Waals surface area (Å²) in [6, 6.07) is 15.6. The van der Waals surface area contributed by atoms with Crippen molar-refractivity contribution < 1.29 is 0 Å². The second kappa shape index (κ2) is 5.65. The van der Waals surface area contributed by atoms with E-state index in [0.717, 1.165) is 39.0 Å². The van der Waals surface area contributed by atoms with Gasteiger partial charge in [-0.15, -0.1) is 11.3 Å². The summed E-state index contributed by atoms with van der Waals surface area (Å²) >= 11 is 7.83. The average Bonchev–Trinajstić information content (AvgIpc) is 2.91. The van der Waals surface area contributed by atoms with Crippen LogP contribution in [0.4, 0.5) is 5.69 Å². The van der Waals surface area contributed by atoms with Crippen molar-refractivity contribution in [2.24, 2.45) is 0 Å². The van der Waals surface area contributed by atoms with E-state index in [2.05, 4.69) is 10.4 Å². The molecule has 1 aromatic heterocycles. The van der Waals surface area contributed by atoms with Gasteiger partial charge in [-0.3, -0.25) is 0 Å². The number of benzene rings is 2. The first-order valence-corrected chi connectivity index (χ1v) is 7.52. The molecular formula is C16H13ClN2S. The van der Waals surface area contributed by atoms with Crippen LogP contribution >= 0.6 is 22.9 Å². The van der Waals surface area contributed by atoms with E-state index in [4.69, 9.17) is 17.3 Å². The van der Waals surface area contributed by atoms with Gasteiger partial charge < -0.3 is 5.73 Å². The molecule has 4 heteroatoms. The number of aromatic nitrogens is 1. The van der Waals surface area contributed by atoms with Crippen molar-refractivity contribution in [1.82, 2.24) is 4.98 Å². The van der Waals surface area contributed by atoms with Gasteiger partial charge in [-0.05, 0) is 23.8 Å². The van der Waals surface area contributed by atoms with Gasteiger partial charge in [0.1, 0.15) is 0 Å². The van der Waals surface area contributed by atoms with Gasteiger partial charge in [-0.2, -0.15) is 0 Å². The largest absolute Gasteiger partial charge is 0.399 e. The van der Waals surface area contributed by atoms with E-state index in [-0.39, 0.29) is 0 Å². The van der Waals surface area contributed by atoms with Crippen molar-refractivity contribution in [1.29, 1.82) is 0 Å². The molecule has 3 rings (SSSR count). The van der Waals surface area contributed by atoms with Gasteiger partial charge in [0, 0.05) is 28.1 Å². The van der Waals surface area contributed by atoms with E-state index in [1.807, 2.05) is 48.5 Å². The maximum atomic E-state index is 6.18. The van der Waals surface area contributed by atoms with Crippen LogP contribution in [-0.4, -0.2) is 4.98 Å². The van der Waals surface area contributed by atoms with Gasteiger partial charge in [0.2, 0.25) is 0 Å². The minimum absolute atomic E-state index is 0.763. The first kappa shape index (κ1) is 13.2. The summed E-state index contributed by atoms with van der Waals surface area (Å²) in [5.41, 5.74) is 9.63. The molecule has 0 fully saturated rings. The fourth-order valence-corrected chi connectivity index (χ4v) is 3.01. The van der Waals surface area contributed by atoms with Crippen molar-refractivity contribution >= 4 is 28.6 Å². The van der Waals surface area contributed by atoms with Crippen LogP contribution in [0.3, 0.4) is 0 Å². The molecule has 0 aliphatic heterocycles. The van der Waals surface area contributed by atoms with Crippen molar-refractivity contribution in [3.05, 3.63) is 69.5 Å². The smallest absolute Gasteiger partial charge is 0.0977 e. The first-order chi connectivity index (χ1) is 9.72. The summed E-state index contributed by atoms with van der Waals surface area (Å²) in [5, 5.41) is 3.92. The highest BCUT2D eigenvalue weighted by molar-refractivity contribution is 7.10. The summed E-state index contributed by atoms with van der Waals surface area (Å²) < 4.78 is 0. The standard InChI is InChI=1S/C16H13ClN2S/c17-14-4-2-1-3-12(14)9-16-19-15(10-20-16)11-5-7-13(18)8-6-11/h1-8,10H,9,18H2. The summed E-state index contributed by atoms with van der Waals surface area (Å²) in [6.07, 6.45) is 0.763. The zero-order valence-corrected chi connectivity index (χ0v) is 12.3. The molecule has 0 radical (unpaired) electrons. The molecule has 2 aromatic carbocycles. The number of halogens is 1. The van der Waals surface area contributed by atoms with Gasteiger partial charge in [0.05, 0.1) is 10.7 Å². The second-order valence-corrected chi connectivity index (χ2v) is 5.87. The van der Waals surface area contributed by atoms with E-state index < -0.39 is 0 Å². The number of nitrogens with zero attached hydrogens (tertiary/aromatic N) is 1. The predicted molar refractivity (Wildman–Crippen MR) is 86.2 cm³/mol. The molecule has 0 bridgehead atoms. The van der Waals surface area contributed by atoms with Gasteiger partial charge in [0.25, 0.3) is 0 Å². The molecule has 0 saturated heterocycles. The van der Waals surface area contributed by atoms with Crippen LogP contribution in [0.25, 0.3) is 11.3 Å². The Labute approximate surface area is 126 Å². The molecule has 0 aliphatic carbocycles. The molecule has 0 amide bonds. The molecule has 20 heavy (non-hydrogen) atoms. The zero-order chi connectivity index (χ0) is 13.9. The quantitative estimate of drug-likeness (QED) is 0.716. The van der Waals surface area contributed by atoms with Gasteiger partial charge in [-0.25, -0.2) is 4.98 Å². The van der Waals surface area contributed by atoms with Crippen molar-refractivity contribution in [3.8, 4) is 11.3 Å². The van der Waals surface area contributed by atoms with E-state index >= 15 is 0 Å². The SMILES string of the molecule is Nc1ccc(-c2csc(Cc3ccccc3Cl)n2)cc1. The second-order valence-electron chi connectivity index (χ2n) is 4.52. The summed E-state index contributed by atoms with van der Waals surface area (Å²) in [7, 11) is 0. The average molecular weight is 301 g/mol. The van der Waals surface area contributed by atoms with E-state index in [1.165, 1.54) is 0 Å². The van der Waals surface area contributed by atoms with Crippen LogP contribution < -0.4 is 5.73 Å². The third kappa shape index (κ3) is 2.84. The Kier molecular flexibility index (Phi) is 3.72. The Balaban J connectivity index is 1.84. The summed E-state index contributed by atoms with van der Waals surface area (Å²) in [4.78, 5) is 4.67. The van der Waals surface area contributed by atoms with Crippen molar-refractivity contribution in [2.75, 3.05) is 5.73 Å². The number of anilines is 1. The molecule has 0 unspecified atom stereocenters. The molecule has 0 atom stereocenters. The van der Waals surface area contributed by atoms with E-state index in [9.17, 15) is 0 Å². The molecule has 100 valence electrons. The highest BCUT2D eigenvalue weighted by Crippen LogP contribution is 2.26. The zero-order valence-electron chi connectivity index (χ0n) is 10.7. The van der Waals surface area contributed by atoms with Gasteiger partial charge in [0.15, 0.2) is 0 Å². The molecule has 1 heterocycles. The Hall–Kier alpha value is -1.84. The Morgan fingerprint density at radius 1 is 1.05 bits per heavy atom. The van der Waals surface area contributed by atoms with Crippen LogP contribution in [0.15, 0.2) is 53.9 Å². The molecule has 0 aliphatic rings. The van der Waals surface area contributed by atoms with E-state index in [1.54, 1.807) is 11.3 Å². The number of rotatable bonds is 3. The van der Waals surface area contributed by atoms with Crippen LogP contribution in [0.1, 0.15) is 10.6 Å². The monoisotopic (exact) mass is 300 g/mol. The topological polar surface area (TPSA) is 38.9 Å². The van der Waals surface area contributed by atoms with Crippen molar-refractivity contribution in [3.63, 3.8) is 0 Å². The fraction of sp³-hybridized carbons (Fsp3) is 0.0625. The van der Waals surface area contributed by atoms with Gasteiger partial charge >= 0.3 is 0 Å². The lowest BCUT2D eigenvalue weighted by Gasteiger charge is -2.00. The third-order valence-electron chi connectivity index (χ3n) is 3.06. The lowest BCUT2D eigenvalue weighted by Crippen LogP contribution is -1.89. The van der Waals surface area contributed by atoms with Crippen molar-refractivity contribution in [2.45, 2.75) is 6.42 Å². The number of nitrogen functional groups attached to an aromatic ring is 1. The lowest BCUT2D eigenvalue weighted by molar-refractivity contribution is 1.14. The van der Waals surface area contributed by atoms with Crippen LogP contribution in [0.2, 0.25) is 5.02 Å². The predicted octanol–water partition coefficient (Wildman–Crippen LogP) is 4.64. The number of nitrogens with two attached hydrogens (primary N) is 1. The highest BCUT2D eigenvalue weighted by atomic mass is 35.5. The third-order valence-corrected chi connectivity index (χ3v) is 4.28. The maximum Gasteiger partial charge on any atom is 0.0977 e. The van der Waals surface area contributed by atoms with E-state index in [0.29, 0.717) is 0 Å². The Bertz CT molecular complexity index is 719. The van der Waals surface area contributed by atoms with Crippen LogP contribution in [0.5, 0.6) is 0 Å². The number of hydrogen-bond acceptors (Lipinski definition) is 3. The number of hydrogen-bond donors (Lipinski definition) is 1.